The molecular weight excluding hydrogens is 286 g/mol. The van der Waals surface area contributed by atoms with Gasteiger partial charge in [-0.1, -0.05) is 13.8 Å². The van der Waals surface area contributed by atoms with Crippen molar-refractivity contribution in [2.45, 2.75) is 13.8 Å². The van der Waals surface area contributed by atoms with Gasteiger partial charge in [-0.2, -0.15) is 0 Å². The molecule has 0 saturated carbocycles. The van der Waals surface area contributed by atoms with Crippen LogP contribution >= 0.6 is 12.2 Å². The van der Waals surface area contributed by atoms with Crippen molar-refractivity contribution in [1.29, 1.82) is 0 Å². The third-order valence-corrected chi connectivity index (χ3v) is 3.45. The number of carbonyl (C=O) groups is 1. The number of carbonyl (C=O) groups excluding carboxylic acids is 1. The van der Waals surface area contributed by atoms with Crippen molar-refractivity contribution in [3.63, 3.8) is 0 Å². The van der Waals surface area contributed by atoms with Crippen LogP contribution < -0.4 is 10.6 Å². The van der Waals surface area contributed by atoms with Crippen molar-refractivity contribution in [2.24, 2.45) is 0 Å². The molecule has 0 amide bonds. The Kier molecular flexibility index (Phi) is 7.71. The molecule has 0 spiro atoms. The van der Waals surface area contributed by atoms with Crippen LogP contribution in [0.1, 0.15) is 24.2 Å². The summed E-state index contributed by atoms with van der Waals surface area (Å²) in [4.78, 5) is 14.1. The van der Waals surface area contributed by atoms with Crippen molar-refractivity contribution in [3.05, 3.63) is 29.8 Å². The zero-order chi connectivity index (χ0) is 15.7. The van der Waals surface area contributed by atoms with Crippen LogP contribution in [0.15, 0.2) is 24.3 Å². The second-order valence-electron chi connectivity index (χ2n) is 4.44. The molecule has 0 bridgehead atoms. The van der Waals surface area contributed by atoms with E-state index in [0.29, 0.717) is 17.3 Å². The molecule has 0 aromatic heterocycles. The third-order valence-electron chi connectivity index (χ3n) is 3.14. The number of ether oxygens (including phenoxy) is 1. The molecule has 1 rings (SSSR count). The molecule has 21 heavy (non-hydrogen) atoms. The normalized spacial score (nSPS) is 10.3. The van der Waals surface area contributed by atoms with Gasteiger partial charge in [-0.25, -0.2) is 4.79 Å². The van der Waals surface area contributed by atoms with Crippen molar-refractivity contribution in [1.82, 2.24) is 10.2 Å². The lowest BCUT2D eigenvalue weighted by atomic mass is 10.2. The molecule has 0 radical (unpaired) electrons. The van der Waals surface area contributed by atoms with Gasteiger partial charge in [0.1, 0.15) is 6.61 Å². The van der Waals surface area contributed by atoms with E-state index >= 15 is 0 Å². The predicted octanol–water partition coefficient (Wildman–Crippen LogP) is 2.10. The summed E-state index contributed by atoms with van der Waals surface area (Å²) in [5, 5.41) is 6.35. The van der Waals surface area contributed by atoms with E-state index in [1.807, 2.05) is 0 Å². The monoisotopic (exact) mass is 309 g/mol. The zero-order valence-electron chi connectivity index (χ0n) is 12.8. The molecule has 0 aliphatic heterocycles. The number of rotatable bonds is 7. The highest BCUT2D eigenvalue weighted by atomic mass is 32.1. The summed E-state index contributed by atoms with van der Waals surface area (Å²) in [5.74, 6) is -0.301. The minimum Gasteiger partial charge on any atom is -0.461 e. The number of thiocarbonyl (C=S) groups is 1. The minimum absolute atomic E-state index is 0.301. The summed E-state index contributed by atoms with van der Waals surface area (Å²) in [6.07, 6.45) is 0. The van der Waals surface area contributed by atoms with Crippen molar-refractivity contribution in [3.8, 4) is 0 Å². The second-order valence-corrected chi connectivity index (χ2v) is 4.85. The molecule has 6 heteroatoms. The summed E-state index contributed by atoms with van der Waals surface area (Å²) >= 11 is 5.01. The van der Waals surface area contributed by atoms with Crippen LogP contribution in [-0.4, -0.2) is 49.3 Å². The van der Waals surface area contributed by atoms with Crippen LogP contribution in [0.3, 0.4) is 0 Å². The zero-order valence-corrected chi connectivity index (χ0v) is 13.6. The maximum atomic E-state index is 11.9. The van der Waals surface area contributed by atoms with Crippen LogP contribution in [-0.2, 0) is 4.74 Å². The van der Waals surface area contributed by atoms with E-state index < -0.39 is 0 Å². The van der Waals surface area contributed by atoms with Crippen molar-refractivity contribution < 1.29 is 9.53 Å². The van der Waals surface area contributed by atoms with E-state index in [2.05, 4.69) is 29.4 Å². The SMILES string of the molecule is CCN(CC)CCOC(=O)c1ccc(NC(=S)NC)cc1. The van der Waals surface area contributed by atoms with Gasteiger partial charge in [0.2, 0.25) is 0 Å². The highest BCUT2D eigenvalue weighted by Gasteiger charge is 2.08. The first-order valence-corrected chi connectivity index (χ1v) is 7.49. The summed E-state index contributed by atoms with van der Waals surface area (Å²) in [5.41, 5.74) is 1.37. The number of hydrogen-bond donors (Lipinski definition) is 2. The van der Waals surface area contributed by atoms with Crippen molar-refractivity contribution in [2.75, 3.05) is 38.6 Å². The first-order valence-electron chi connectivity index (χ1n) is 7.09. The Hall–Kier alpha value is -1.66. The number of nitrogens with zero attached hydrogens (tertiary/aromatic N) is 1. The number of anilines is 1. The second kappa shape index (κ2) is 9.31. The van der Waals surface area contributed by atoms with E-state index in [-0.39, 0.29) is 5.97 Å². The lowest BCUT2D eigenvalue weighted by Gasteiger charge is -2.17. The van der Waals surface area contributed by atoms with Crippen molar-refractivity contribution >= 4 is 29.0 Å². The van der Waals surface area contributed by atoms with Crippen LogP contribution in [0.2, 0.25) is 0 Å². The number of benzene rings is 1. The van der Waals surface area contributed by atoms with Gasteiger partial charge in [0, 0.05) is 19.3 Å². The Morgan fingerprint density at radius 1 is 1.24 bits per heavy atom. The smallest absolute Gasteiger partial charge is 0.338 e. The summed E-state index contributed by atoms with van der Waals surface area (Å²) < 4.78 is 5.27. The summed E-state index contributed by atoms with van der Waals surface area (Å²) in [6.45, 7) is 7.26. The van der Waals surface area contributed by atoms with Gasteiger partial charge in [-0.3, -0.25) is 0 Å². The van der Waals surface area contributed by atoms with Gasteiger partial charge < -0.3 is 20.3 Å². The van der Waals surface area contributed by atoms with Crippen LogP contribution in [0, 0.1) is 0 Å². The molecule has 0 aliphatic carbocycles. The first kappa shape index (κ1) is 17.4. The number of likely N-dealkylation sites (N-methyl/N-ethyl adjacent to an activating group) is 1. The van der Waals surface area contributed by atoms with E-state index in [4.69, 9.17) is 17.0 Å². The topological polar surface area (TPSA) is 53.6 Å². The highest BCUT2D eigenvalue weighted by molar-refractivity contribution is 7.80. The fourth-order valence-corrected chi connectivity index (χ4v) is 1.89. The predicted molar refractivity (Wildman–Crippen MR) is 89.8 cm³/mol. The Morgan fingerprint density at radius 3 is 2.38 bits per heavy atom. The lowest BCUT2D eigenvalue weighted by Crippen LogP contribution is -2.27. The standard InChI is InChI=1S/C15H23N3O2S/c1-4-18(5-2)10-11-20-14(19)12-6-8-13(9-7-12)17-15(21)16-3/h6-9H,4-5,10-11H2,1-3H3,(H2,16,17,21). The van der Waals surface area contributed by atoms with Gasteiger partial charge in [0.15, 0.2) is 5.11 Å². The van der Waals surface area contributed by atoms with Gasteiger partial charge in [-0.05, 0) is 49.6 Å². The van der Waals surface area contributed by atoms with E-state index in [1.54, 1.807) is 31.3 Å². The molecule has 5 nitrogen and oxygen atoms in total. The third kappa shape index (κ3) is 6.10. The van der Waals surface area contributed by atoms with Gasteiger partial charge in [0.25, 0.3) is 0 Å². The quantitative estimate of drug-likeness (QED) is 0.594. The van der Waals surface area contributed by atoms with Crippen LogP contribution in [0.5, 0.6) is 0 Å². The Bertz CT molecular complexity index is 458. The molecule has 1 aromatic rings. The van der Waals surface area contributed by atoms with Gasteiger partial charge in [0.05, 0.1) is 5.56 Å². The minimum atomic E-state index is -0.301. The molecule has 116 valence electrons. The number of nitrogens with one attached hydrogen (secondary N) is 2. The molecule has 2 N–H and O–H groups in total. The largest absolute Gasteiger partial charge is 0.461 e. The fourth-order valence-electron chi connectivity index (χ4n) is 1.77. The first-order chi connectivity index (χ1) is 10.1. The molecule has 0 heterocycles. The lowest BCUT2D eigenvalue weighted by molar-refractivity contribution is 0.0466. The number of esters is 1. The van der Waals surface area contributed by atoms with E-state index in [9.17, 15) is 4.79 Å². The molecular formula is C15H23N3O2S. The summed E-state index contributed by atoms with van der Waals surface area (Å²) in [6, 6.07) is 7.04. The Morgan fingerprint density at radius 2 is 1.86 bits per heavy atom. The fraction of sp³-hybridized carbons (Fsp3) is 0.467. The highest BCUT2D eigenvalue weighted by Crippen LogP contribution is 2.10. The van der Waals surface area contributed by atoms with Gasteiger partial charge in [-0.15, -0.1) is 0 Å². The van der Waals surface area contributed by atoms with Gasteiger partial charge >= 0.3 is 5.97 Å². The molecule has 1 aromatic carbocycles. The average Bonchev–Trinajstić information content (AvgIpc) is 2.52. The Labute approximate surface area is 131 Å². The molecule has 0 aliphatic rings. The summed E-state index contributed by atoms with van der Waals surface area (Å²) in [7, 11) is 1.75. The van der Waals surface area contributed by atoms with E-state index in [0.717, 1.165) is 25.3 Å². The van der Waals surface area contributed by atoms with Crippen LogP contribution in [0.25, 0.3) is 0 Å². The number of hydrogen-bond acceptors (Lipinski definition) is 4. The van der Waals surface area contributed by atoms with Crippen LogP contribution in [0.4, 0.5) is 5.69 Å². The maximum absolute atomic E-state index is 11.9. The molecule has 0 saturated heterocycles. The molecule has 0 unspecified atom stereocenters. The van der Waals surface area contributed by atoms with E-state index in [1.165, 1.54) is 0 Å². The molecule has 0 atom stereocenters. The Balaban J connectivity index is 2.46. The average molecular weight is 309 g/mol. The maximum Gasteiger partial charge on any atom is 0.338 e. The molecule has 0 fully saturated rings.